The SMILES string of the molecule is CC[C@H](C)C(=O)OC1C(O)[C@H](OC2C(O[C@@H]3OC(CO)[C@@H](O)C(O)C3O)[C@H](OC(=O)[C@@H](C)CC)C(C)O[C@H]2OC(=O)[C@]23CC[C@](C)(C(=O)OC)CC2C2=CCC4[C@@]5(C)CC[C@H](O[C@@H]6OC(O)(C(=O)O)CC(O)C6O[C@@H]6OC(CO)[C@H](O)C(O)C6O)[C@@](C)(COC(C)=O)C5CC[C@@]4(C)[C@]2(C)CC3)OC(C)[C@@H]1O. The fourth-order valence-corrected chi connectivity index (χ4v) is 19.5. The number of aliphatic hydroxyl groups is 12. The van der Waals surface area contributed by atoms with E-state index in [1.807, 2.05) is 6.92 Å². The first-order valence-electron chi connectivity index (χ1n) is 37.4. The predicted molar refractivity (Wildman–Crippen MR) is 357 cm³/mol. The Labute approximate surface area is 615 Å². The van der Waals surface area contributed by atoms with Crippen LogP contribution in [0.15, 0.2) is 11.6 Å². The molecule has 0 aromatic rings. The minimum Gasteiger partial charge on any atom is -0.477 e. The van der Waals surface area contributed by atoms with Crippen LogP contribution in [0.3, 0.4) is 0 Å². The van der Waals surface area contributed by atoms with E-state index in [-0.39, 0.29) is 50.5 Å². The molecule has 4 saturated carbocycles. The number of hydrogen-bond acceptors (Lipinski definition) is 32. The third-order valence-corrected chi connectivity index (χ3v) is 26.7. The molecule has 9 fully saturated rings. The Kier molecular flexibility index (Phi) is 25.5. The van der Waals surface area contributed by atoms with Crippen LogP contribution in [0, 0.1) is 62.1 Å². The number of carboxylic acid groups (broad SMARTS) is 1. The van der Waals surface area contributed by atoms with Gasteiger partial charge in [-0.25, -0.2) is 4.79 Å². The Morgan fingerprint density at radius 3 is 1.67 bits per heavy atom. The topological polar surface area (TPSA) is 495 Å². The maximum Gasteiger partial charge on any atom is 0.364 e. The number of rotatable bonds is 22. The van der Waals surface area contributed by atoms with Gasteiger partial charge >= 0.3 is 35.8 Å². The molecule has 0 amide bonds. The maximum atomic E-state index is 16.4. The number of methoxy groups -OCH3 is 1. The first kappa shape index (κ1) is 84.2. The van der Waals surface area contributed by atoms with Crippen LogP contribution < -0.4 is 0 Å². The number of esters is 5. The van der Waals surface area contributed by atoms with Crippen molar-refractivity contribution in [3.63, 3.8) is 0 Å². The van der Waals surface area contributed by atoms with Gasteiger partial charge in [-0.2, -0.15) is 0 Å². The van der Waals surface area contributed by atoms with E-state index < -0.39 is 259 Å². The van der Waals surface area contributed by atoms with E-state index in [1.54, 1.807) is 34.6 Å². The molecule has 13 N–H and O–H groups in total. The zero-order chi connectivity index (χ0) is 78.2. The molecule has 36 atom stereocenters. The Bertz CT molecular complexity index is 3170. The van der Waals surface area contributed by atoms with Crippen LogP contribution in [0.5, 0.6) is 0 Å². The number of carbonyl (C=O) groups excluding carboxylic acids is 5. The van der Waals surface area contributed by atoms with Gasteiger partial charge in [-0.05, 0) is 132 Å². The van der Waals surface area contributed by atoms with Crippen LogP contribution >= 0.6 is 0 Å². The highest BCUT2D eigenvalue weighted by atomic mass is 16.8. The molecule has 18 unspecified atom stereocenters. The first-order chi connectivity index (χ1) is 49.6. The molecular formula is C73H114O33. The molecule has 5 aliphatic heterocycles. The molecule has 0 radical (unpaired) electrons. The number of aliphatic carboxylic acids is 1. The Morgan fingerprint density at radius 2 is 1.11 bits per heavy atom. The summed E-state index contributed by atoms with van der Waals surface area (Å²) < 4.78 is 86.3. The second-order valence-electron chi connectivity index (χ2n) is 33.0. The van der Waals surface area contributed by atoms with Crippen LogP contribution in [-0.4, -0.2) is 282 Å². The summed E-state index contributed by atoms with van der Waals surface area (Å²) in [6.45, 7) is 19.1. The second kappa shape index (κ2) is 32.1. The molecule has 10 rings (SSSR count). The van der Waals surface area contributed by atoms with Gasteiger partial charge in [0.25, 0.3) is 5.79 Å². The molecule has 33 nitrogen and oxygen atoms in total. The molecule has 106 heavy (non-hydrogen) atoms. The number of aliphatic hydroxyl groups excluding tert-OH is 11. The van der Waals surface area contributed by atoms with Crippen molar-refractivity contribution in [1.29, 1.82) is 0 Å². The van der Waals surface area contributed by atoms with E-state index in [4.69, 9.17) is 66.3 Å². The summed E-state index contributed by atoms with van der Waals surface area (Å²) in [5.41, 5.74) is -4.93. The van der Waals surface area contributed by atoms with Gasteiger partial charge in [-0.3, -0.25) is 24.0 Å². The lowest BCUT2D eigenvalue weighted by molar-refractivity contribution is -0.398. The van der Waals surface area contributed by atoms with Crippen molar-refractivity contribution in [1.82, 2.24) is 0 Å². The molecule has 10 aliphatic rings. The number of allylic oxidation sites excluding steroid dienone is 2. The first-order valence-corrected chi connectivity index (χ1v) is 37.4. The van der Waals surface area contributed by atoms with Gasteiger partial charge in [0.2, 0.25) is 6.29 Å². The zero-order valence-electron chi connectivity index (χ0n) is 62.6. The van der Waals surface area contributed by atoms with Gasteiger partial charge in [0.05, 0.1) is 74.0 Å². The average molecular weight is 1520 g/mol. The van der Waals surface area contributed by atoms with Crippen molar-refractivity contribution in [2.24, 2.45) is 62.1 Å². The summed E-state index contributed by atoms with van der Waals surface area (Å²) >= 11 is 0. The standard InChI is InChI=1S/C73H114O33/c1-14-31(3)57(86)100-52-34(6)96-62(56(55(52)103-60-50(84)48(82)46(80)40(29-75)98-60)104-61-51(85)54(44(78)33(5)95-61)101-58(87)32(4)15-2)105-66(91)72-24-22-67(8,65(90)93-13)26-37(72)36-16-17-42-68(9)20-19-43(69(10,30-94-35(7)76)41(68)18-21-71(42,12)70(36,11)23-25-72)99-63-53(38(77)27-73(92,106-63)64(88)89)102-59-49(83)47(81)45(79)39(28-74)97-59/h16,31-34,37-56,59-63,74-75,77-85,92H,14-15,17-30H2,1-13H3,(H,88,89)/t31-,32-,33?,34?,37?,38?,39?,40?,41?,42?,43-,44-,45-,46+,47?,48?,49?,50?,51?,52+,53?,54?,55?,56?,59-,60-,61-,62-,63+,67-,68-,69-,70+,71+,72-,73?/m0/s1. The number of ether oxygens (including phenoxy) is 14. The molecule has 604 valence electrons. The highest BCUT2D eigenvalue weighted by Gasteiger charge is 2.72. The summed E-state index contributed by atoms with van der Waals surface area (Å²) in [6.07, 6.45) is -37.4. The van der Waals surface area contributed by atoms with E-state index in [0.29, 0.717) is 44.9 Å². The van der Waals surface area contributed by atoms with Crippen LogP contribution in [0.1, 0.15) is 167 Å². The Balaban J connectivity index is 1.01. The second-order valence-corrected chi connectivity index (χ2v) is 33.0. The lowest BCUT2D eigenvalue weighted by atomic mass is 9.33. The van der Waals surface area contributed by atoms with Crippen LogP contribution in [0.2, 0.25) is 0 Å². The normalized spacial score (nSPS) is 48.6. The minimum atomic E-state index is -3.05. The number of carbonyl (C=O) groups is 6. The monoisotopic (exact) mass is 1520 g/mol. The van der Waals surface area contributed by atoms with Crippen molar-refractivity contribution in [3.05, 3.63) is 11.6 Å². The van der Waals surface area contributed by atoms with Crippen molar-refractivity contribution in [2.75, 3.05) is 26.9 Å². The quantitative estimate of drug-likeness (QED) is 0.0297. The highest BCUT2D eigenvalue weighted by molar-refractivity contribution is 5.82. The van der Waals surface area contributed by atoms with Crippen molar-refractivity contribution in [3.8, 4) is 0 Å². The third kappa shape index (κ3) is 15.0. The Morgan fingerprint density at radius 1 is 0.566 bits per heavy atom. The lowest BCUT2D eigenvalue weighted by Crippen LogP contribution is -2.68. The van der Waals surface area contributed by atoms with Gasteiger partial charge in [0.15, 0.2) is 43.5 Å². The van der Waals surface area contributed by atoms with Crippen LogP contribution in [0.4, 0.5) is 0 Å². The summed E-state index contributed by atoms with van der Waals surface area (Å²) in [6, 6.07) is 0. The molecule has 5 heterocycles. The molecule has 5 saturated heterocycles. The molecule has 0 aromatic heterocycles. The molecular weight excluding hydrogens is 1400 g/mol. The maximum absolute atomic E-state index is 16.4. The van der Waals surface area contributed by atoms with Crippen LogP contribution in [-0.2, 0) is 95.1 Å². The largest absolute Gasteiger partial charge is 0.477 e. The fourth-order valence-electron chi connectivity index (χ4n) is 19.5. The summed E-state index contributed by atoms with van der Waals surface area (Å²) in [7, 11) is 1.29. The Hall–Kier alpha value is -4.28. The number of carboxylic acids is 1. The van der Waals surface area contributed by atoms with Crippen LogP contribution in [0.25, 0.3) is 0 Å². The van der Waals surface area contributed by atoms with Gasteiger partial charge in [0.1, 0.15) is 73.2 Å². The van der Waals surface area contributed by atoms with E-state index in [1.165, 1.54) is 27.9 Å². The highest BCUT2D eigenvalue weighted by Crippen LogP contribution is 2.76. The van der Waals surface area contributed by atoms with Gasteiger partial charge in [-0.1, -0.05) is 67.0 Å². The van der Waals surface area contributed by atoms with Crippen molar-refractivity contribution in [2.45, 2.75) is 320 Å². The molecule has 0 spiro atoms. The fraction of sp³-hybridized carbons (Fsp3) is 0.890. The van der Waals surface area contributed by atoms with E-state index in [2.05, 4.69) is 26.8 Å². The van der Waals surface area contributed by atoms with E-state index in [0.717, 1.165) is 5.57 Å². The third-order valence-electron chi connectivity index (χ3n) is 26.7. The van der Waals surface area contributed by atoms with Gasteiger partial charge in [-0.15, -0.1) is 0 Å². The van der Waals surface area contributed by atoms with Crippen molar-refractivity contribution < 1.29 is 161 Å². The number of fused-ring (bicyclic) bond motifs is 7. The number of hydrogen-bond donors (Lipinski definition) is 13. The minimum absolute atomic E-state index is 0.0577. The van der Waals surface area contributed by atoms with Gasteiger partial charge in [0, 0.05) is 18.8 Å². The molecule has 0 aromatic carbocycles. The zero-order valence-corrected chi connectivity index (χ0v) is 62.6. The summed E-state index contributed by atoms with van der Waals surface area (Å²) in [5, 5.41) is 143. The molecule has 0 bridgehead atoms. The average Bonchev–Trinajstić information content (AvgIpc) is 0.673. The van der Waals surface area contributed by atoms with E-state index >= 15 is 4.79 Å². The lowest BCUT2D eigenvalue weighted by Gasteiger charge is -2.71. The van der Waals surface area contributed by atoms with Gasteiger partial charge < -0.3 is 133 Å². The molecule has 33 heteroatoms. The predicted octanol–water partition coefficient (Wildman–Crippen LogP) is 0.176. The smallest absolute Gasteiger partial charge is 0.364 e. The summed E-state index contributed by atoms with van der Waals surface area (Å²) in [5.74, 6) is -11.1. The molecule has 5 aliphatic carbocycles. The summed E-state index contributed by atoms with van der Waals surface area (Å²) in [4.78, 5) is 83.7. The van der Waals surface area contributed by atoms with Crippen molar-refractivity contribution >= 4 is 35.8 Å². The van der Waals surface area contributed by atoms with E-state index in [9.17, 15) is 90.4 Å².